The molecule has 4 aromatic carbocycles. The van der Waals surface area contributed by atoms with Gasteiger partial charge in [0.05, 0.1) is 22.3 Å². The number of nitrogens with one attached hydrogen (secondary N) is 2. The number of alkyl halides is 6. The van der Waals surface area contributed by atoms with Crippen LogP contribution in [0.25, 0.3) is 11.4 Å². The van der Waals surface area contributed by atoms with Crippen LogP contribution in [0.1, 0.15) is 73.6 Å². The highest BCUT2D eigenvalue weighted by Gasteiger charge is 2.51. The van der Waals surface area contributed by atoms with Gasteiger partial charge in [-0.3, -0.25) is 19.2 Å². The normalized spacial score (nSPS) is 14.4. The summed E-state index contributed by atoms with van der Waals surface area (Å²) in [4.78, 5) is 60.3. The molecule has 1 saturated heterocycles. The Morgan fingerprint density at radius 3 is 1.28 bits per heavy atom. The van der Waals surface area contributed by atoms with Gasteiger partial charge in [0.2, 0.25) is 17.1 Å². The highest BCUT2D eigenvalue weighted by Crippen LogP contribution is 2.37. The predicted octanol–water partition coefficient (Wildman–Crippen LogP) is 7.65. The molecule has 2 atom stereocenters. The zero-order chi connectivity index (χ0) is 54.9. The molecule has 0 bridgehead atoms. The number of primary amides is 4. The van der Waals surface area contributed by atoms with Crippen LogP contribution in [0.3, 0.4) is 0 Å². The molecule has 0 unspecified atom stereocenters. The number of hydrogen-bond donors (Lipinski definition) is 6. The minimum absolute atomic E-state index is 0.0424. The molecule has 0 spiro atoms. The summed E-state index contributed by atoms with van der Waals surface area (Å²) in [6.07, 6.45) is -8.79. The summed E-state index contributed by atoms with van der Waals surface area (Å²) in [5.74, 6) is -0.714. The van der Waals surface area contributed by atoms with E-state index in [2.05, 4.69) is 30.6 Å². The number of carbonyl (C=O) groups excluding carboxylic acids is 4. The first-order valence-corrected chi connectivity index (χ1v) is 22.2. The molecule has 18 nitrogen and oxygen atoms in total. The van der Waals surface area contributed by atoms with Crippen molar-refractivity contribution in [3.63, 3.8) is 0 Å². The summed E-state index contributed by atoms with van der Waals surface area (Å²) in [6.45, 7) is 11.0. The molecule has 1 aliphatic heterocycles. The van der Waals surface area contributed by atoms with Crippen molar-refractivity contribution < 1.29 is 64.3 Å². The van der Waals surface area contributed by atoms with Crippen molar-refractivity contribution >= 4 is 59.4 Å². The third-order valence-corrected chi connectivity index (χ3v) is 11.0. The second-order valence-electron chi connectivity index (χ2n) is 17.1. The maximum absolute atomic E-state index is 12.7. The summed E-state index contributed by atoms with van der Waals surface area (Å²) in [7, 11) is -0.472. The van der Waals surface area contributed by atoms with E-state index in [0.29, 0.717) is 22.8 Å². The minimum atomic E-state index is -4.43. The monoisotopic (exact) mass is 1050 g/mol. The lowest BCUT2D eigenvalue weighted by molar-refractivity contribution is -0.138. The molecular weight excluding hydrogens is 1000 g/mol. The fourth-order valence-electron chi connectivity index (χ4n) is 6.02. The zero-order valence-electron chi connectivity index (χ0n) is 40.1. The number of nitrogens with two attached hydrogens (primary N) is 4. The molecule has 2 aromatic heterocycles. The Labute approximate surface area is 424 Å². The van der Waals surface area contributed by atoms with Crippen molar-refractivity contribution in [3.8, 4) is 34.4 Å². The van der Waals surface area contributed by atoms with Gasteiger partial charge in [0.15, 0.2) is 5.82 Å². The Hall–Kier alpha value is -8.03. The van der Waals surface area contributed by atoms with Crippen LogP contribution in [-0.4, -0.2) is 74.0 Å². The maximum atomic E-state index is 12.7. The van der Waals surface area contributed by atoms with Crippen molar-refractivity contribution in [2.75, 3.05) is 10.6 Å². The number of aromatic nitrogens is 4. The lowest BCUT2D eigenvalue weighted by atomic mass is 9.79. The number of rotatable bonds is 14. The molecule has 4 amide bonds. The first kappa shape index (κ1) is 56.9. The van der Waals surface area contributed by atoms with E-state index in [1.807, 2.05) is 39.8 Å². The van der Waals surface area contributed by atoms with E-state index in [4.69, 9.17) is 53.3 Å². The molecular formula is C48H48BClF6N10O8. The highest BCUT2D eigenvalue weighted by molar-refractivity contribution is 6.62. The molecule has 10 N–H and O–H groups in total. The van der Waals surface area contributed by atoms with Gasteiger partial charge < -0.3 is 52.4 Å². The Morgan fingerprint density at radius 2 is 0.919 bits per heavy atom. The van der Waals surface area contributed by atoms with Gasteiger partial charge in [-0.25, -0.2) is 19.9 Å². The number of amides is 4. The van der Waals surface area contributed by atoms with Crippen LogP contribution in [0.2, 0.25) is 5.28 Å². The van der Waals surface area contributed by atoms with Gasteiger partial charge in [-0.15, -0.1) is 0 Å². The van der Waals surface area contributed by atoms with E-state index in [1.54, 1.807) is 43.3 Å². The first-order valence-electron chi connectivity index (χ1n) is 21.8. The third kappa shape index (κ3) is 15.7. The smallest absolute Gasteiger partial charge is 0.457 e. The SMILES string of the molecule is CC1(C)OB(c2ccc(Oc3ccc(C(F)(F)F)cc3)cc2)OC1(C)C.C[C@H](Nc1cc(C(N)=O)nc(-c2ccc(Oc3ccc(C(F)(F)F)cc3)cc2)n1)C(N)=O.C[C@H](Nc1cc(C(N)=O)nc(Cl)n1)C(N)=O. The quantitative estimate of drug-likeness (QED) is 0.0347. The summed E-state index contributed by atoms with van der Waals surface area (Å²) in [5, 5.41) is 5.28. The summed E-state index contributed by atoms with van der Waals surface area (Å²) < 4.78 is 98.8. The first-order chi connectivity index (χ1) is 34.4. The average molecular weight is 1050 g/mol. The van der Waals surface area contributed by atoms with E-state index in [-0.39, 0.29) is 39.9 Å². The Kier molecular flexibility index (Phi) is 17.9. The standard InChI is InChI=1S/C21H18F3N5O3.C19H20BF3O3.C8H10ClN5O2/c1-11(18(25)30)27-17-10-16(19(26)31)28-20(29-17)12-2-6-14(7-3-12)32-15-8-4-13(5-9-15)21(22,23)24;1-17(2)18(3,4)26-20(25-17)14-7-11-16(12-8-14)24-15-9-5-13(6-10-15)19(21,22)23;1-3(6(10)15)12-5-2-4(7(11)16)13-8(9)14-5/h2-11H,1H3,(H2,25,30)(H2,26,31)(H,27,28,29);5-12H,1-4H3;2-3H,1H3,(H2,10,15)(H2,11,16)(H,12,13,14)/t11-;;3-/m0.0/s1. The van der Waals surface area contributed by atoms with Crippen LogP contribution >= 0.6 is 11.6 Å². The molecule has 0 aliphatic carbocycles. The number of hydrogen-bond acceptors (Lipinski definition) is 14. The number of benzene rings is 4. The van der Waals surface area contributed by atoms with E-state index in [1.165, 1.54) is 43.3 Å². The Balaban J connectivity index is 0.000000217. The van der Waals surface area contributed by atoms with Crippen LogP contribution in [0.4, 0.5) is 38.0 Å². The number of nitrogens with zero attached hydrogens (tertiary/aromatic N) is 4. The van der Waals surface area contributed by atoms with Gasteiger partial charge in [-0.05, 0) is 144 Å². The van der Waals surface area contributed by atoms with Crippen LogP contribution in [0.5, 0.6) is 23.0 Å². The molecule has 3 heterocycles. The lowest BCUT2D eigenvalue weighted by Crippen LogP contribution is -2.41. The topological polar surface area (TPSA) is 285 Å². The molecule has 1 aliphatic rings. The summed E-state index contributed by atoms with van der Waals surface area (Å²) in [6, 6.07) is 23.5. The molecule has 0 saturated carbocycles. The zero-order valence-corrected chi connectivity index (χ0v) is 40.9. The van der Waals surface area contributed by atoms with E-state index in [0.717, 1.165) is 29.7 Å². The van der Waals surface area contributed by atoms with Gasteiger partial charge >= 0.3 is 19.5 Å². The largest absolute Gasteiger partial charge is 0.494 e. The van der Waals surface area contributed by atoms with Gasteiger partial charge in [0.1, 0.15) is 58.1 Å². The summed E-state index contributed by atoms with van der Waals surface area (Å²) in [5.41, 5.74) is 19.6. The van der Waals surface area contributed by atoms with E-state index >= 15 is 0 Å². The minimum Gasteiger partial charge on any atom is -0.457 e. The molecule has 74 heavy (non-hydrogen) atoms. The van der Waals surface area contributed by atoms with Gasteiger partial charge in [-0.1, -0.05) is 12.1 Å². The predicted molar refractivity (Wildman–Crippen MR) is 261 cm³/mol. The fourth-order valence-corrected chi connectivity index (χ4v) is 6.20. The van der Waals surface area contributed by atoms with Gasteiger partial charge in [-0.2, -0.15) is 26.3 Å². The van der Waals surface area contributed by atoms with Crippen molar-refractivity contribution in [2.24, 2.45) is 22.9 Å². The van der Waals surface area contributed by atoms with Crippen molar-refractivity contribution in [3.05, 3.63) is 137 Å². The van der Waals surface area contributed by atoms with Gasteiger partial charge in [0.25, 0.3) is 11.8 Å². The lowest BCUT2D eigenvalue weighted by Gasteiger charge is -2.32. The van der Waals surface area contributed by atoms with E-state index in [9.17, 15) is 45.5 Å². The molecule has 390 valence electrons. The average Bonchev–Trinajstić information content (AvgIpc) is 3.54. The van der Waals surface area contributed by atoms with Crippen LogP contribution in [-0.2, 0) is 31.3 Å². The number of halogens is 7. The molecule has 26 heteroatoms. The summed E-state index contributed by atoms with van der Waals surface area (Å²) >= 11 is 5.57. The second kappa shape index (κ2) is 23.2. The molecule has 0 radical (unpaired) electrons. The maximum Gasteiger partial charge on any atom is 0.494 e. The Bertz CT molecular complexity index is 2940. The van der Waals surface area contributed by atoms with Crippen LogP contribution < -0.4 is 48.5 Å². The number of carbonyl (C=O) groups is 4. The number of ether oxygens (including phenoxy) is 2. The molecule has 7 rings (SSSR count). The highest BCUT2D eigenvalue weighted by atomic mass is 35.5. The van der Waals surface area contributed by atoms with Crippen molar-refractivity contribution in [1.29, 1.82) is 0 Å². The van der Waals surface area contributed by atoms with Crippen LogP contribution in [0, 0.1) is 0 Å². The molecule has 6 aromatic rings. The van der Waals surface area contributed by atoms with Crippen molar-refractivity contribution in [2.45, 2.75) is 77.2 Å². The van der Waals surface area contributed by atoms with E-state index < -0.39 is 77.5 Å². The van der Waals surface area contributed by atoms with Crippen LogP contribution in [0.15, 0.2) is 109 Å². The Morgan fingerprint density at radius 1 is 0.568 bits per heavy atom. The molecule has 1 fully saturated rings. The van der Waals surface area contributed by atoms with Gasteiger partial charge in [0, 0.05) is 17.7 Å². The van der Waals surface area contributed by atoms with Crippen molar-refractivity contribution in [1.82, 2.24) is 19.9 Å². The second-order valence-corrected chi connectivity index (χ2v) is 17.4. The number of anilines is 2. The third-order valence-electron chi connectivity index (χ3n) is 10.9. The fraction of sp³-hybridized carbons (Fsp3) is 0.250.